The van der Waals surface area contributed by atoms with E-state index in [1.165, 1.54) is 0 Å². The highest BCUT2D eigenvalue weighted by atomic mass is 16.5. The van der Waals surface area contributed by atoms with Crippen LogP contribution in [0, 0.1) is 5.92 Å². The van der Waals surface area contributed by atoms with Crippen molar-refractivity contribution in [2.45, 2.75) is 18.9 Å². The molecule has 0 unspecified atom stereocenters. The van der Waals surface area contributed by atoms with E-state index in [0.717, 1.165) is 0 Å². The summed E-state index contributed by atoms with van der Waals surface area (Å²) in [4.78, 5) is 40.4. The number of rotatable bonds is 9. The summed E-state index contributed by atoms with van der Waals surface area (Å²) in [7, 11) is 3.12. The molecule has 0 spiro atoms. The Morgan fingerprint density at radius 2 is 1.64 bits per heavy atom. The predicted molar refractivity (Wildman–Crippen MR) is 124 cm³/mol. The van der Waals surface area contributed by atoms with Gasteiger partial charge in [-0.3, -0.25) is 14.4 Å². The number of carbonyl (C=O) groups excluding carboxylic acids is 3. The topological polar surface area (TPSA) is 97.0 Å². The number of nitrogens with zero attached hydrogens (tertiary/aromatic N) is 1. The summed E-state index contributed by atoms with van der Waals surface area (Å²) in [5, 5.41) is 5.74. The van der Waals surface area contributed by atoms with E-state index in [4.69, 9.17) is 9.47 Å². The summed E-state index contributed by atoms with van der Waals surface area (Å²) in [5.41, 5.74) is 1.10. The van der Waals surface area contributed by atoms with E-state index in [2.05, 4.69) is 10.6 Å². The normalized spacial score (nSPS) is 14.9. The molecule has 0 bridgehead atoms. The van der Waals surface area contributed by atoms with Gasteiger partial charge in [-0.1, -0.05) is 18.2 Å². The van der Waals surface area contributed by atoms with Gasteiger partial charge in [0.1, 0.15) is 11.8 Å². The molecule has 2 N–H and O–H groups in total. The zero-order valence-electron chi connectivity index (χ0n) is 19.1. The van der Waals surface area contributed by atoms with Crippen molar-refractivity contribution in [2.75, 3.05) is 40.5 Å². The third-order valence-electron chi connectivity index (χ3n) is 5.85. The molecule has 0 aliphatic carbocycles. The van der Waals surface area contributed by atoms with Crippen LogP contribution in [0.25, 0.3) is 0 Å². The third kappa shape index (κ3) is 6.55. The van der Waals surface area contributed by atoms with Crippen LogP contribution in [0.5, 0.6) is 5.75 Å². The van der Waals surface area contributed by atoms with E-state index in [-0.39, 0.29) is 23.6 Å². The molecule has 1 heterocycles. The lowest BCUT2D eigenvalue weighted by Gasteiger charge is -2.36. The van der Waals surface area contributed by atoms with E-state index >= 15 is 0 Å². The second-order valence-corrected chi connectivity index (χ2v) is 7.96. The molecule has 1 saturated heterocycles. The molecule has 0 saturated carbocycles. The van der Waals surface area contributed by atoms with E-state index in [9.17, 15) is 14.4 Å². The molecular formula is C25H31N3O5. The number of nitrogens with one attached hydrogen (secondary N) is 2. The fourth-order valence-corrected chi connectivity index (χ4v) is 3.95. The first kappa shape index (κ1) is 24.3. The number of carbonyl (C=O) groups is 3. The molecule has 8 heteroatoms. The summed E-state index contributed by atoms with van der Waals surface area (Å²) in [6.07, 6.45) is 1.23. The predicted octanol–water partition coefficient (Wildman–Crippen LogP) is 2.11. The molecule has 0 radical (unpaired) electrons. The lowest BCUT2D eigenvalue weighted by atomic mass is 9.88. The number of benzene rings is 2. The lowest BCUT2D eigenvalue weighted by molar-refractivity contribution is -0.124. The van der Waals surface area contributed by atoms with Crippen LogP contribution < -0.4 is 15.4 Å². The van der Waals surface area contributed by atoms with E-state index in [1.807, 2.05) is 18.2 Å². The molecule has 0 aromatic heterocycles. The molecule has 3 rings (SSSR count). The first-order valence-corrected chi connectivity index (χ1v) is 11.1. The maximum absolute atomic E-state index is 12.9. The molecule has 8 nitrogen and oxygen atoms in total. The zero-order valence-corrected chi connectivity index (χ0v) is 19.1. The largest absolute Gasteiger partial charge is 0.497 e. The van der Waals surface area contributed by atoms with Crippen molar-refractivity contribution in [1.29, 1.82) is 0 Å². The van der Waals surface area contributed by atoms with Crippen LogP contribution in [0.2, 0.25) is 0 Å². The van der Waals surface area contributed by atoms with Gasteiger partial charge in [-0.25, -0.2) is 0 Å². The molecule has 1 fully saturated rings. The van der Waals surface area contributed by atoms with Crippen LogP contribution >= 0.6 is 0 Å². The standard InChI is InChI=1S/C25H31N3O5/c1-32-17-14-26-24(30)22(27-23(29)19-8-10-21(33-2)11-9-19)18-12-15-28(16-13-18)25(31)20-6-4-3-5-7-20/h3-11,18,22H,12-17H2,1-2H3,(H,26,30)(H,27,29)/t22-/m0/s1. The third-order valence-corrected chi connectivity index (χ3v) is 5.85. The number of likely N-dealkylation sites (tertiary alicyclic amines) is 1. The maximum Gasteiger partial charge on any atom is 0.253 e. The molecular weight excluding hydrogens is 422 g/mol. The minimum Gasteiger partial charge on any atom is -0.497 e. The SMILES string of the molecule is COCCNC(=O)[C@@H](NC(=O)c1ccc(OC)cc1)C1CCN(C(=O)c2ccccc2)CC1. The van der Waals surface area contributed by atoms with Crippen molar-refractivity contribution < 1.29 is 23.9 Å². The maximum atomic E-state index is 12.9. The van der Waals surface area contributed by atoms with Crippen molar-refractivity contribution >= 4 is 17.7 Å². The van der Waals surface area contributed by atoms with Gasteiger partial charge in [0.15, 0.2) is 0 Å². The van der Waals surface area contributed by atoms with Crippen LogP contribution in [-0.4, -0.2) is 69.1 Å². The van der Waals surface area contributed by atoms with Crippen molar-refractivity contribution in [3.8, 4) is 5.75 Å². The molecule has 1 atom stereocenters. The fourth-order valence-electron chi connectivity index (χ4n) is 3.95. The number of ether oxygens (including phenoxy) is 2. The monoisotopic (exact) mass is 453 g/mol. The van der Waals surface area contributed by atoms with Crippen LogP contribution in [-0.2, 0) is 9.53 Å². The number of methoxy groups -OCH3 is 2. The summed E-state index contributed by atoms with van der Waals surface area (Å²) in [5.74, 6) is -0.0306. The molecule has 2 aromatic rings. The Morgan fingerprint density at radius 1 is 0.970 bits per heavy atom. The second kappa shape index (κ2) is 12.0. The average molecular weight is 454 g/mol. The highest BCUT2D eigenvalue weighted by molar-refractivity contribution is 5.98. The number of amides is 3. The van der Waals surface area contributed by atoms with Gasteiger partial charge in [0, 0.05) is 37.9 Å². The Hall–Kier alpha value is -3.39. The van der Waals surface area contributed by atoms with Gasteiger partial charge < -0.3 is 25.0 Å². The summed E-state index contributed by atoms with van der Waals surface area (Å²) < 4.78 is 10.2. The van der Waals surface area contributed by atoms with Crippen molar-refractivity contribution in [3.05, 3.63) is 65.7 Å². The smallest absolute Gasteiger partial charge is 0.253 e. The minimum absolute atomic E-state index is 0.0163. The Balaban J connectivity index is 1.66. The molecule has 1 aliphatic heterocycles. The highest BCUT2D eigenvalue weighted by Crippen LogP contribution is 2.23. The van der Waals surface area contributed by atoms with E-state index in [1.54, 1.807) is 55.5 Å². The Bertz CT molecular complexity index is 925. The summed E-state index contributed by atoms with van der Waals surface area (Å²) >= 11 is 0. The van der Waals surface area contributed by atoms with Gasteiger partial charge in [-0.2, -0.15) is 0 Å². The summed E-state index contributed by atoms with van der Waals surface area (Å²) in [6, 6.07) is 15.2. The Kier molecular flexibility index (Phi) is 8.83. The zero-order chi connectivity index (χ0) is 23.6. The van der Waals surface area contributed by atoms with Crippen molar-refractivity contribution in [2.24, 2.45) is 5.92 Å². The molecule has 33 heavy (non-hydrogen) atoms. The first-order valence-electron chi connectivity index (χ1n) is 11.1. The van der Waals surface area contributed by atoms with Crippen LogP contribution in [0.3, 0.4) is 0 Å². The van der Waals surface area contributed by atoms with Crippen molar-refractivity contribution in [1.82, 2.24) is 15.5 Å². The van der Waals surface area contributed by atoms with E-state index < -0.39 is 6.04 Å². The molecule has 2 aromatic carbocycles. The quantitative estimate of drug-likeness (QED) is 0.567. The van der Waals surface area contributed by atoms with Gasteiger partial charge >= 0.3 is 0 Å². The Labute approximate surface area is 194 Å². The van der Waals surface area contributed by atoms with Gasteiger partial charge in [0.25, 0.3) is 11.8 Å². The lowest BCUT2D eigenvalue weighted by Crippen LogP contribution is -2.54. The van der Waals surface area contributed by atoms with Gasteiger partial charge in [0.05, 0.1) is 13.7 Å². The number of piperidine rings is 1. The van der Waals surface area contributed by atoms with Crippen molar-refractivity contribution in [3.63, 3.8) is 0 Å². The van der Waals surface area contributed by atoms with Gasteiger partial charge in [-0.05, 0) is 55.2 Å². The van der Waals surface area contributed by atoms with Gasteiger partial charge in [0.2, 0.25) is 5.91 Å². The fraction of sp³-hybridized carbons (Fsp3) is 0.400. The number of hydrogen-bond acceptors (Lipinski definition) is 5. The molecule has 1 aliphatic rings. The average Bonchev–Trinajstić information content (AvgIpc) is 2.87. The second-order valence-electron chi connectivity index (χ2n) is 7.96. The van der Waals surface area contributed by atoms with Gasteiger partial charge in [-0.15, -0.1) is 0 Å². The minimum atomic E-state index is -0.703. The Morgan fingerprint density at radius 3 is 2.24 bits per heavy atom. The summed E-state index contributed by atoms with van der Waals surface area (Å²) in [6.45, 7) is 1.79. The van der Waals surface area contributed by atoms with Crippen LogP contribution in [0.4, 0.5) is 0 Å². The molecule has 176 valence electrons. The molecule has 3 amide bonds. The highest BCUT2D eigenvalue weighted by Gasteiger charge is 2.34. The van der Waals surface area contributed by atoms with Crippen LogP contribution in [0.15, 0.2) is 54.6 Å². The van der Waals surface area contributed by atoms with E-state index in [0.29, 0.717) is 56.0 Å². The first-order chi connectivity index (χ1) is 16.0. The van der Waals surface area contributed by atoms with Crippen LogP contribution in [0.1, 0.15) is 33.6 Å². The number of hydrogen-bond donors (Lipinski definition) is 2.